The van der Waals surface area contributed by atoms with Crippen LogP contribution >= 0.6 is 15.9 Å². The molecule has 2 rings (SSSR count). The molecular formula is C10H8BrF3O. The molecule has 0 aromatic heterocycles. The van der Waals surface area contributed by atoms with E-state index in [1.54, 1.807) is 6.07 Å². The van der Waals surface area contributed by atoms with Crippen molar-refractivity contribution in [2.24, 2.45) is 0 Å². The maximum atomic E-state index is 14.0. The first-order valence-electron chi connectivity index (χ1n) is 4.44. The van der Waals surface area contributed by atoms with Crippen LogP contribution in [0, 0.1) is 0 Å². The molecule has 0 saturated carbocycles. The average molecular weight is 281 g/mol. The van der Waals surface area contributed by atoms with Gasteiger partial charge in [-0.1, -0.05) is 15.9 Å². The van der Waals surface area contributed by atoms with Crippen molar-refractivity contribution in [2.45, 2.75) is 18.5 Å². The molecule has 0 saturated heterocycles. The summed E-state index contributed by atoms with van der Waals surface area (Å²) >= 11 is 3.12. The SMILES string of the molecule is FC(F)C1(F)CCOc2ccc(Br)cc21. The van der Waals surface area contributed by atoms with E-state index in [1.807, 2.05) is 0 Å². The van der Waals surface area contributed by atoms with Crippen molar-refractivity contribution in [2.75, 3.05) is 6.61 Å². The van der Waals surface area contributed by atoms with Gasteiger partial charge in [0, 0.05) is 16.5 Å². The molecule has 0 amide bonds. The maximum absolute atomic E-state index is 14.0. The minimum atomic E-state index is -3.03. The lowest BCUT2D eigenvalue weighted by Gasteiger charge is -2.31. The van der Waals surface area contributed by atoms with Crippen LogP contribution in [-0.2, 0) is 5.67 Å². The van der Waals surface area contributed by atoms with E-state index < -0.39 is 12.1 Å². The van der Waals surface area contributed by atoms with Gasteiger partial charge in [-0.15, -0.1) is 0 Å². The molecule has 15 heavy (non-hydrogen) atoms. The molecule has 0 N–H and O–H groups in total. The molecule has 82 valence electrons. The van der Waals surface area contributed by atoms with E-state index in [9.17, 15) is 13.2 Å². The van der Waals surface area contributed by atoms with Crippen molar-refractivity contribution in [3.8, 4) is 5.75 Å². The van der Waals surface area contributed by atoms with E-state index in [0.717, 1.165) is 0 Å². The summed E-state index contributed by atoms with van der Waals surface area (Å²) in [7, 11) is 0. The first-order chi connectivity index (χ1) is 7.04. The number of halogens is 4. The van der Waals surface area contributed by atoms with Crippen molar-refractivity contribution in [3.63, 3.8) is 0 Å². The normalized spacial score (nSPS) is 24.9. The van der Waals surface area contributed by atoms with Crippen molar-refractivity contribution in [1.82, 2.24) is 0 Å². The van der Waals surface area contributed by atoms with Crippen molar-refractivity contribution in [1.29, 1.82) is 0 Å². The Bertz CT molecular complexity index is 383. The van der Waals surface area contributed by atoms with Gasteiger partial charge < -0.3 is 4.74 Å². The first-order valence-corrected chi connectivity index (χ1v) is 5.23. The summed E-state index contributed by atoms with van der Waals surface area (Å²) in [6.45, 7) is -0.0184. The number of benzene rings is 1. The summed E-state index contributed by atoms with van der Waals surface area (Å²) in [6.07, 6.45) is -3.34. The minimum Gasteiger partial charge on any atom is -0.493 e. The summed E-state index contributed by atoms with van der Waals surface area (Å²) in [4.78, 5) is 0. The number of ether oxygens (including phenoxy) is 1. The van der Waals surface area contributed by atoms with Gasteiger partial charge in [0.2, 0.25) is 5.67 Å². The van der Waals surface area contributed by atoms with Gasteiger partial charge >= 0.3 is 0 Å². The lowest BCUT2D eigenvalue weighted by atomic mass is 9.90. The van der Waals surface area contributed by atoms with E-state index >= 15 is 0 Å². The molecule has 0 fully saturated rings. The standard InChI is InChI=1S/C10H8BrF3O/c11-6-1-2-8-7(5-6)10(14,9(12)13)3-4-15-8/h1-2,5,9H,3-4H2. The van der Waals surface area contributed by atoms with E-state index in [2.05, 4.69) is 15.9 Å². The quantitative estimate of drug-likeness (QED) is 0.763. The molecule has 0 spiro atoms. The molecular weight excluding hydrogens is 273 g/mol. The molecule has 0 radical (unpaired) electrons. The monoisotopic (exact) mass is 280 g/mol. The third kappa shape index (κ3) is 1.73. The van der Waals surface area contributed by atoms with Gasteiger partial charge in [0.25, 0.3) is 6.43 Å². The molecule has 1 unspecified atom stereocenters. The van der Waals surface area contributed by atoms with Crippen LogP contribution in [0.4, 0.5) is 13.2 Å². The Hall–Kier alpha value is -0.710. The van der Waals surface area contributed by atoms with Crippen LogP contribution in [0.3, 0.4) is 0 Å². The van der Waals surface area contributed by atoms with Gasteiger partial charge in [-0.3, -0.25) is 0 Å². The summed E-state index contributed by atoms with van der Waals surface area (Å²) < 4.78 is 45.0. The van der Waals surface area contributed by atoms with Crippen LogP contribution in [0.1, 0.15) is 12.0 Å². The fraction of sp³-hybridized carbons (Fsp3) is 0.400. The van der Waals surface area contributed by atoms with E-state index in [4.69, 9.17) is 4.74 Å². The van der Waals surface area contributed by atoms with Crippen LogP contribution in [0.2, 0.25) is 0 Å². The fourth-order valence-corrected chi connectivity index (χ4v) is 1.98. The zero-order chi connectivity index (χ0) is 11.1. The van der Waals surface area contributed by atoms with Crippen molar-refractivity contribution in [3.05, 3.63) is 28.2 Å². The second-order valence-electron chi connectivity index (χ2n) is 3.40. The van der Waals surface area contributed by atoms with Crippen LogP contribution < -0.4 is 4.74 Å². The van der Waals surface area contributed by atoms with Crippen LogP contribution in [-0.4, -0.2) is 13.0 Å². The highest BCUT2D eigenvalue weighted by molar-refractivity contribution is 9.10. The van der Waals surface area contributed by atoms with Crippen molar-refractivity contribution < 1.29 is 17.9 Å². The minimum absolute atomic E-state index is 0.0184. The third-order valence-corrected chi connectivity index (χ3v) is 2.95. The highest BCUT2D eigenvalue weighted by atomic mass is 79.9. The number of alkyl halides is 3. The van der Waals surface area contributed by atoms with E-state index in [0.29, 0.717) is 4.47 Å². The number of rotatable bonds is 1. The van der Waals surface area contributed by atoms with Crippen LogP contribution in [0.25, 0.3) is 0 Å². The highest BCUT2D eigenvalue weighted by Gasteiger charge is 2.46. The summed E-state index contributed by atoms with van der Waals surface area (Å²) in [5, 5.41) is 0. The molecule has 1 aliphatic heterocycles. The second-order valence-corrected chi connectivity index (χ2v) is 4.32. The Kier molecular flexibility index (Phi) is 2.66. The van der Waals surface area contributed by atoms with Gasteiger partial charge in [0.05, 0.1) is 6.61 Å². The van der Waals surface area contributed by atoms with E-state index in [1.165, 1.54) is 12.1 Å². The smallest absolute Gasteiger partial charge is 0.276 e. The molecule has 1 heterocycles. The lowest BCUT2D eigenvalue weighted by molar-refractivity contribution is -0.0618. The molecule has 1 aromatic carbocycles. The van der Waals surface area contributed by atoms with Crippen LogP contribution in [0.5, 0.6) is 5.75 Å². The molecule has 1 atom stereocenters. The topological polar surface area (TPSA) is 9.23 Å². The fourth-order valence-electron chi connectivity index (χ4n) is 1.62. The van der Waals surface area contributed by atoms with Gasteiger partial charge in [-0.2, -0.15) is 0 Å². The summed E-state index contributed by atoms with van der Waals surface area (Å²) in [5.41, 5.74) is -2.66. The second kappa shape index (κ2) is 3.70. The lowest BCUT2D eigenvalue weighted by Crippen LogP contribution is -2.35. The summed E-state index contributed by atoms with van der Waals surface area (Å²) in [5.74, 6) is 0.201. The average Bonchev–Trinajstić information content (AvgIpc) is 2.19. The predicted octanol–water partition coefficient (Wildman–Crippen LogP) is 3.66. The zero-order valence-electron chi connectivity index (χ0n) is 7.64. The zero-order valence-corrected chi connectivity index (χ0v) is 9.23. The maximum Gasteiger partial charge on any atom is 0.276 e. The first kappa shape index (κ1) is 10.8. The van der Waals surface area contributed by atoms with Gasteiger partial charge in [-0.05, 0) is 18.2 Å². The van der Waals surface area contributed by atoms with Crippen LogP contribution in [0.15, 0.2) is 22.7 Å². The predicted molar refractivity (Wildman–Crippen MR) is 53.0 cm³/mol. The molecule has 1 aromatic rings. The number of fused-ring (bicyclic) bond motifs is 1. The molecule has 1 nitrogen and oxygen atoms in total. The molecule has 0 aliphatic carbocycles. The Labute approximate surface area is 93.4 Å². The Morgan fingerprint density at radius 3 is 2.80 bits per heavy atom. The van der Waals surface area contributed by atoms with Gasteiger partial charge in [0.15, 0.2) is 0 Å². The summed E-state index contributed by atoms with van der Waals surface area (Å²) in [6, 6.07) is 4.48. The van der Waals surface area contributed by atoms with Gasteiger partial charge in [0.1, 0.15) is 5.75 Å². The van der Waals surface area contributed by atoms with E-state index in [-0.39, 0.29) is 24.3 Å². The number of hydrogen-bond acceptors (Lipinski definition) is 1. The van der Waals surface area contributed by atoms with Gasteiger partial charge in [-0.25, -0.2) is 13.2 Å². The Balaban J connectivity index is 2.54. The third-order valence-electron chi connectivity index (χ3n) is 2.46. The van der Waals surface area contributed by atoms with Crippen molar-refractivity contribution >= 4 is 15.9 Å². The molecule has 1 aliphatic rings. The largest absolute Gasteiger partial charge is 0.493 e. The Morgan fingerprint density at radius 1 is 1.40 bits per heavy atom. The number of hydrogen-bond donors (Lipinski definition) is 0. The molecule has 5 heteroatoms. The highest BCUT2D eigenvalue weighted by Crippen LogP contribution is 2.45. The molecule has 0 bridgehead atoms. The Morgan fingerprint density at radius 2 is 2.13 bits per heavy atom.